The SMILES string of the molecule is OCCC(O)C(O)c1ccc(N2CCNCC2)cc1. The van der Waals surface area contributed by atoms with Crippen LogP contribution in [-0.4, -0.2) is 54.2 Å². The van der Waals surface area contributed by atoms with Crippen LogP contribution in [-0.2, 0) is 0 Å². The average Bonchev–Trinajstić information content (AvgIpc) is 2.48. The smallest absolute Gasteiger partial charge is 0.105 e. The lowest BCUT2D eigenvalue weighted by Crippen LogP contribution is -2.43. The normalized spacial score (nSPS) is 19.2. The molecule has 0 radical (unpaired) electrons. The molecule has 0 amide bonds. The number of nitrogens with zero attached hydrogens (tertiary/aromatic N) is 1. The number of anilines is 1. The molecule has 0 saturated carbocycles. The molecule has 0 aromatic heterocycles. The van der Waals surface area contributed by atoms with Crippen LogP contribution in [0.25, 0.3) is 0 Å². The van der Waals surface area contributed by atoms with Crippen LogP contribution in [0.1, 0.15) is 18.1 Å². The maximum absolute atomic E-state index is 9.94. The number of nitrogens with one attached hydrogen (secondary N) is 1. The minimum absolute atomic E-state index is 0.128. The summed E-state index contributed by atoms with van der Waals surface area (Å²) >= 11 is 0. The predicted octanol–water partition coefficient (Wildman–Crippen LogP) is -0.127. The number of aliphatic hydroxyl groups is 3. The van der Waals surface area contributed by atoms with Crippen LogP contribution in [0.4, 0.5) is 5.69 Å². The highest BCUT2D eigenvalue weighted by Crippen LogP contribution is 2.22. The van der Waals surface area contributed by atoms with Gasteiger partial charge in [0.2, 0.25) is 0 Å². The Labute approximate surface area is 113 Å². The first-order valence-electron chi connectivity index (χ1n) is 6.75. The van der Waals surface area contributed by atoms with Crippen molar-refractivity contribution in [3.8, 4) is 0 Å². The lowest BCUT2D eigenvalue weighted by atomic mass is 10.0. The van der Waals surface area contributed by atoms with Crippen LogP contribution in [0.2, 0.25) is 0 Å². The summed E-state index contributed by atoms with van der Waals surface area (Å²) in [6.07, 6.45) is -1.68. The number of aliphatic hydroxyl groups excluding tert-OH is 3. The first-order valence-corrected chi connectivity index (χ1v) is 6.75. The van der Waals surface area contributed by atoms with Crippen molar-refractivity contribution >= 4 is 5.69 Å². The molecule has 1 aliphatic heterocycles. The van der Waals surface area contributed by atoms with Gasteiger partial charge in [-0.25, -0.2) is 0 Å². The number of hydrogen-bond donors (Lipinski definition) is 4. The summed E-state index contributed by atoms with van der Waals surface area (Å²) in [5, 5.41) is 31.7. The van der Waals surface area contributed by atoms with E-state index in [0.29, 0.717) is 5.56 Å². The van der Waals surface area contributed by atoms with Gasteiger partial charge in [0, 0.05) is 38.5 Å². The van der Waals surface area contributed by atoms with Crippen LogP contribution in [0, 0.1) is 0 Å². The van der Waals surface area contributed by atoms with E-state index in [0.717, 1.165) is 31.9 Å². The van der Waals surface area contributed by atoms with Gasteiger partial charge in [-0.3, -0.25) is 0 Å². The number of hydrogen-bond acceptors (Lipinski definition) is 5. The van der Waals surface area contributed by atoms with Crippen LogP contribution >= 0.6 is 0 Å². The first-order chi connectivity index (χ1) is 9.22. The van der Waals surface area contributed by atoms with Crippen LogP contribution in [0.5, 0.6) is 0 Å². The summed E-state index contributed by atoms with van der Waals surface area (Å²) in [6.45, 7) is 3.81. The summed E-state index contributed by atoms with van der Waals surface area (Å²) in [5.74, 6) is 0. The standard InChI is InChI=1S/C14H22N2O3/c17-10-5-13(18)14(19)11-1-3-12(4-2-11)16-8-6-15-7-9-16/h1-4,13-15,17-19H,5-10H2. The van der Waals surface area contributed by atoms with Gasteiger partial charge in [0.25, 0.3) is 0 Å². The van der Waals surface area contributed by atoms with Gasteiger partial charge in [0.05, 0.1) is 6.10 Å². The molecule has 0 spiro atoms. The van der Waals surface area contributed by atoms with E-state index in [2.05, 4.69) is 10.2 Å². The number of piperazine rings is 1. The van der Waals surface area contributed by atoms with Gasteiger partial charge in [-0.05, 0) is 24.1 Å². The second kappa shape index (κ2) is 6.86. The van der Waals surface area contributed by atoms with Gasteiger partial charge in [0.1, 0.15) is 6.10 Å². The number of benzene rings is 1. The third kappa shape index (κ3) is 3.67. The second-order valence-electron chi connectivity index (χ2n) is 4.85. The Hall–Kier alpha value is -1.14. The van der Waals surface area contributed by atoms with E-state index in [1.165, 1.54) is 0 Å². The zero-order valence-corrected chi connectivity index (χ0v) is 11.0. The molecule has 1 aromatic carbocycles. The van der Waals surface area contributed by atoms with Crippen molar-refractivity contribution in [2.75, 3.05) is 37.7 Å². The maximum Gasteiger partial charge on any atom is 0.105 e. The van der Waals surface area contributed by atoms with E-state index in [4.69, 9.17) is 5.11 Å². The maximum atomic E-state index is 9.94. The fourth-order valence-electron chi connectivity index (χ4n) is 2.32. The molecular formula is C14H22N2O3. The Morgan fingerprint density at radius 1 is 1.11 bits per heavy atom. The van der Waals surface area contributed by atoms with Crippen molar-refractivity contribution in [2.45, 2.75) is 18.6 Å². The van der Waals surface area contributed by atoms with Crippen molar-refractivity contribution in [3.63, 3.8) is 0 Å². The molecule has 2 rings (SSSR count). The fraction of sp³-hybridized carbons (Fsp3) is 0.571. The second-order valence-corrected chi connectivity index (χ2v) is 4.85. The molecule has 1 aliphatic rings. The van der Waals surface area contributed by atoms with Crippen LogP contribution < -0.4 is 10.2 Å². The summed E-state index contributed by atoms with van der Waals surface area (Å²) < 4.78 is 0. The molecule has 2 unspecified atom stereocenters. The van der Waals surface area contributed by atoms with E-state index in [1.807, 2.05) is 24.3 Å². The topological polar surface area (TPSA) is 76.0 Å². The van der Waals surface area contributed by atoms with Gasteiger partial charge < -0.3 is 25.5 Å². The zero-order chi connectivity index (χ0) is 13.7. The summed E-state index contributed by atoms with van der Waals surface area (Å²) in [7, 11) is 0. The molecule has 0 aliphatic carbocycles. The third-order valence-corrected chi connectivity index (χ3v) is 3.51. The predicted molar refractivity (Wildman–Crippen MR) is 74.2 cm³/mol. The van der Waals surface area contributed by atoms with E-state index in [1.54, 1.807) is 0 Å². The van der Waals surface area contributed by atoms with Gasteiger partial charge in [-0.1, -0.05) is 12.1 Å². The fourth-order valence-corrected chi connectivity index (χ4v) is 2.32. The summed E-state index contributed by atoms with van der Waals surface area (Å²) in [6, 6.07) is 7.61. The molecule has 1 aromatic rings. The Kier molecular flexibility index (Phi) is 5.15. The van der Waals surface area contributed by atoms with Gasteiger partial charge >= 0.3 is 0 Å². The summed E-state index contributed by atoms with van der Waals surface area (Å²) in [4.78, 5) is 2.29. The molecule has 4 N–H and O–H groups in total. The van der Waals surface area contributed by atoms with Crippen molar-refractivity contribution in [2.24, 2.45) is 0 Å². The molecule has 1 heterocycles. The van der Waals surface area contributed by atoms with E-state index in [9.17, 15) is 10.2 Å². The monoisotopic (exact) mass is 266 g/mol. The Bertz CT molecular complexity index is 377. The quantitative estimate of drug-likeness (QED) is 0.597. The number of rotatable bonds is 5. The molecule has 106 valence electrons. The molecule has 0 bridgehead atoms. The highest BCUT2D eigenvalue weighted by atomic mass is 16.3. The molecule has 2 atom stereocenters. The Balaban J connectivity index is 2.01. The first kappa shape index (κ1) is 14.3. The largest absolute Gasteiger partial charge is 0.396 e. The van der Waals surface area contributed by atoms with Crippen molar-refractivity contribution < 1.29 is 15.3 Å². The van der Waals surface area contributed by atoms with Crippen molar-refractivity contribution in [1.82, 2.24) is 5.32 Å². The highest BCUT2D eigenvalue weighted by Gasteiger charge is 2.18. The van der Waals surface area contributed by atoms with Crippen LogP contribution in [0.15, 0.2) is 24.3 Å². The molecule has 19 heavy (non-hydrogen) atoms. The van der Waals surface area contributed by atoms with Crippen LogP contribution in [0.3, 0.4) is 0 Å². The lowest BCUT2D eigenvalue weighted by molar-refractivity contribution is 0.00422. The molecule has 5 heteroatoms. The highest BCUT2D eigenvalue weighted by molar-refractivity contribution is 5.48. The molecule has 1 fully saturated rings. The third-order valence-electron chi connectivity index (χ3n) is 3.51. The van der Waals surface area contributed by atoms with E-state index < -0.39 is 12.2 Å². The minimum Gasteiger partial charge on any atom is -0.396 e. The average molecular weight is 266 g/mol. The zero-order valence-electron chi connectivity index (χ0n) is 11.0. The van der Waals surface area contributed by atoms with E-state index in [-0.39, 0.29) is 13.0 Å². The Morgan fingerprint density at radius 2 is 1.74 bits per heavy atom. The van der Waals surface area contributed by atoms with E-state index >= 15 is 0 Å². The van der Waals surface area contributed by atoms with Gasteiger partial charge in [-0.2, -0.15) is 0 Å². The molecular weight excluding hydrogens is 244 g/mol. The lowest BCUT2D eigenvalue weighted by Gasteiger charge is -2.29. The molecule has 5 nitrogen and oxygen atoms in total. The summed E-state index contributed by atoms with van der Waals surface area (Å²) in [5.41, 5.74) is 1.81. The van der Waals surface area contributed by atoms with Gasteiger partial charge in [0.15, 0.2) is 0 Å². The van der Waals surface area contributed by atoms with Crippen molar-refractivity contribution in [3.05, 3.63) is 29.8 Å². The van der Waals surface area contributed by atoms with Gasteiger partial charge in [-0.15, -0.1) is 0 Å². The Morgan fingerprint density at radius 3 is 2.32 bits per heavy atom. The van der Waals surface area contributed by atoms with Crippen molar-refractivity contribution in [1.29, 1.82) is 0 Å². The molecule has 1 saturated heterocycles. The minimum atomic E-state index is -0.941.